The summed E-state index contributed by atoms with van der Waals surface area (Å²) in [5.74, 6) is 0.506. The lowest BCUT2D eigenvalue weighted by molar-refractivity contribution is 0.0966. The summed E-state index contributed by atoms with van der Waals surface area (Å²) in [6.07, 6.45) is 3.53. The molecule has 1 unspecified atom stereocenters. The molecule has 0 saturated heterocycles. The van der Waals surface area contributed by atoms with E-state index in [0.717, 1.165) is 54.9 Å². The van der Waals surface area contributed by atoms with Gasteiger partial charge in [0, 0.05) is 50.1 Å². The van der Waals surface area contributed by atoms with Gasteiger partial charge in [0.15, 0.2) is 33.9 Å². The Morgan fingerprint density at radius 3 is 1.64 bits per heavy atom. The zero-order valence-electron chi connectivity index (χ0n) is 32.6. The Hall–Kier alpha value is -4.09. The standard InChI is InChI=1S/C19H23BrN4O3.C19H21BrN4O3.CH2Cl2.CH4/c2*1-4-5-9-14(25)16-21-17-15(18(26)23(3)19(27)22(17)2)24(16)11-12-7-6-8-13(20)10-12;2-1-3;/h6-8,10,14,25H,4-5,9,11H2,1-3H3;6-8,10H,4-5,9,11H2,1-3H3;1H2;1H4. The first-order valence-corrected chi connectivity index (χ1v) is 20.9. The lowest BCUT2D eigenvalue weighted by Gasteiger charge is -2.14. The first-order chi connectivity index (χ1) is 27.1. The number of ketones is 1. The number of halogens is 4. The Morgan fingerprint density at radius 2 is 1.17 bits per heavy atom. The van der Waals surface area contributed by atoms with Crippen LogP contribution in [0.25, 0.3) is 22.3 Å². The molecular weight excluding hydrogens is 919 g/mol. The van der Waals surface area contributed by atoms with Crippen LogP contribution in [0.5, 0.6) is 0 Å². The summed E-state index contributed by atoms with van der Waals surface area (Å²) < 4.78 is 9.98. The third kappa shape index (κ3) is 10.7. The number of Topliss-reactive ketones (excluding diaryl/α,β-unsaturated/α-hetero) is 1. The van der Waals surface area contributed by atoms with E-state index in [1.54, 1.807) is 23.2 Å². The Bertz CT molecular complexity index is 2630. The molecule has 0 radical (unpaired) electrons. The molecule has 58 heavy (non-hydrogen) atoms. The number of hydrogen-bond donors (Lipinski definition) is 1. The van der Waals surface area contributed by atoms with Gasteiger partial charge in [0.05, 0.1) is 11.9 Å². The molecule has 1 atom stereocenters. The van der Waals surface area contributed by atoms with Crippen LogP contribution >= 0.6 is 55.1 Å². The predicted molar refractivity (Wildman–Crippen MR) is 239 cm³/mol. The fourth-order valence-corrected chi connectivity index (χ4v) is 7.20. The Morgan fingerprint density at radius 1 is 0.724 bits per heavy atom. The number of nitrogens with zero attached hydrogens (tertiary/aromatic N) is 8. The van der Waals surface area contributed by atoms with Crippen molar-refractivity contribution >= 4 is 83.2 Å². The van der Waals surface area contributed by atoms with E-state index in [-0.39, 0.29) is 35.5 Å². The maximum atomic E-state index is 12.8. The number of aliphatic hydroxyl groups excluding tert-OH is 1. The Balaban J connectivity index is 0.000000286. The van der Waals surface area contributed by atoms with E-state index in [0.29, 0.717) is 42.9 Å². The number of aromatic nitrogens is 8. The Labute approximate surface area is 362 Å². The van der Waals surface area contributed by atoms with Crippen molar-refractivity contribution in [1.82, 2.24) is 37.4 Å². The number of carbonyl (C=O) groups is 1. The molecule has 0 saturated carbocycles. The smallest absolute Gasteiger partial charge is 0.332 e. The summed E-state index contributed by atoms with van der Waals surface area (Å²) in [4.78, 5) is 71.8. The van der Waals surface area contributed by atoms with Crippen molar-refractivity contribution < 1.29 is 9.90 Å². The van der Waals surface area contributed by atoms with Crippen molar-refractivity contribution in [3.8, 4) is 0 Å². The van der Waals surface area contributed by atoms with Gasteiger partial charge in [-0.05, 0) is 48.2 Å². The van der Waals surface area contributed by atoms with Crippen molar-refractivity contribution in [3.63, 3.8) is 0 Å². The summed E-state index contributed by atoms with van der Waals surface area (Å²) in [6.45, 7) is 4.76. The first-order valence-electron chi connectivity index (χ1n) is 18.3. The first kappa shape index (κ1) is 48.3. The van der Waals surface area contributed by atoms with Crippen LogP contribution in [0.1, 0.15) is 93.5 Å². The van der Waals surface area contributed by atoms with E-state index >= 15 is 0 Å². The number of fused-ring (bicyclic) bond motifs is 2. The van der Waals surface area contributed by atoms with Gasteiger partial charge in [-0.2, -0.15) is 0 Å². The average Bonchev–Trinajstić information content (AvgIpc) is 3.75. The number of aryl methyl sites for hydroxylation is 2. The molecule has 0 aliphatic rings. The molecule has 314 valence electrons. The number of aliphatic hydroxyl groups is 1. The third-order valence-corrected chi connectivity index (χ3v) is 10.3. The largest absolute Gasteiger partial charge is 0.385 e. The summed E-state index contributed by atoms with van der Waals surface area (Å²) in [7, 11) is 6.02. The number of rotatable bonds is 12. The highest BCUT2D eigenvalue weighted by molar-refractivity contribution is 9.10. The van der Waals surface area contributed by atoms with Gasteiger partial charge in [-0.25, -0.2) is 19.6 Å². The van der Waals surface area contributed by atoms with E-state index in [9.17, 15) is 29.1 Å². The van der Waals surface area contributed by atoms with Gasteiger partial charge in [0.25, 0.3) is 11.1 Å². The number of benzene rings is 2. The van der Waals surface area contributed by atoms with Gasteiger partial charge in [0.2, 0.25) is 0 Å². The normalized spacial score (nSPS) is 11.4. The highest BCUT2D eigenvalue weighted by Gasteiger charge is 2.25. The number of imidazole rings is 2. The average molecular weight is 970 g/mol. The second-order valence-electron chi connectivity index (χ2n) is 13.4. The topological polar surface area (TPSA) is 161 Å². The predicted octanol–water partition coefficient (Wildman–Crippen LogP) is 7.14. The third-order valence-electron chi connectivity index (χ3n) is 9.32. The fourth-order valence-electron chi connectivity index (χ4n) is 6.30. The summed E-state index contributed by atoms with van der Waals surface area (Å²) in [6, 6.07) is 15.4. The molecule has 0 aliphatic carbocycles. The SMILES string of the molecule is C.CCCCC(=O)c1nc2c(c(=O)n(C)c(=O)n2C)n1Cc1cccc(Br)c1.CCCCC(O)c1nc2c(c(=O)n(C)c(=O)n2C)n1Cc1cccc(Br)c1.ClCCl. The number of alkyl halides is 2. The Kier molecular flexibility index (Phi) is 18.1. The summed E-state index contributed by atoms with van der Waals surface area (Å²) >= 11 is 16.4. The van der Waals surface area contributed by atoms with Gasteiger partial charge in [-0.15, -0.1) is 23.2 Å². The van der Waals surface area contributed by atoms with Gasteiger partial charge < -0.3 is 14.2 Å². The highest BCUT2D eigenvalue weighted by Crippen LogP contribution is 2.24. The molecule has 4 aromatic heterocycles. The molecular formula is C40H50Br2Cl2N8O6. The quantitative estimate of drug-likeness (QED) is 0.100. The van der Waals surface area contributed by atoms with Crippen LogP contribution in [-0.2, 0) is 41.3 Å². The molecule has 0 spiro atoms. The van der Waals surface area contributed by atoms with Gasteiger partial charge >= 0.3 is 11.4 Å². The van der Waals surface area contributed by atoms with Crippen molar-refractivity contribution in [3.05, 3.63) is 122 Å². The lowest BCUT2D eigenvalue weighted by Crippen LogP contribution is -2.37. The minimum Gasteiger partial charge on any atom is -0.385 e. The molecule has 2 aromatic carbocycles. The summed E-state index contributed by atoms with van der Waals surface area (Å²) in [5.41, 5.74) is 1.23. The lowest BCUT2D eigenvalue weighted by atomic mass is 10.1. The van der Waals surface area contributed by atoms with Crippen LogP contribution in [0.2, 0.25) is 0 Å². The highest BCUT2D eigenvalue weighted by atomic mass is 79.9. The van der Waals surface area contributed by atoms with E-state index in [1.165, 1.54) is 23.2 Å². The maximum absolute atomic E-state index is 12.8. The van der Waals surface area contributed by atoms with E-state index in [1.807, 2.05) is 55.5 Å². The zero-order valence-corrected chi connectivity index (χ0v) is 37.3. The van der Waals surface area contributed by atoms with Gasteiger partial charge in [-0.3, -0.25) is 32.7 Å². The minimum atomic E-state index is -0.802. The maximum Gasteiger partial charge on any atom is 0.332 e. The molecule has 14 nitrogen and oxygen atoms in total. The van der Waals surface area contributed by atoms with Crippen LogP contribution in [0.3, 0.4) is 0 Å². The molecule has 0 fully saturated rings. The van der Waals surface area contributed by atoms with E-state index in [2.05, 4.69) is 48.8 Å². The van der Waals surface area contributed by atoms with Crippen LogP contribution in [0.15, 0.2) is 76.7 Å². The summed E-state index contributed by atoms with van der Waals surface area (Å²) in [5, 5.41) is 10.9. The number of hydrogen-bond acceptors (Lipinski definition) is 8. The van der Waals surface area contributed by atoms with Crippen molar-refractivity contribution in [2.75, 3.05) is 5.34 Å². The van der Waals surface area contributed by atoms with Crippen molar-refractivity contribution in [2.45, 2.75) is 79.0 Å². The molecule has 4 heterocycles. The molecule has 6 rings (SSSR count). The second-order valence-corrected chi connectivity index (χ2v) is 16.0. The van der Waals surface area contributed by atoms with Gasteiger partial charge in [0.1, 0.15) is 11.9 Å². The van der Waals surface area contributed by atoms with E-state index in [4.69, 9.17) is 23.2 Å². The van der Waals surface area contributed by atoms with Crippen LogP contribution in [-0.4, -0.2) is 53.6 Å². The van der Waals surface area contributed by atoms with Crippen LogP contribution in [0.4, 0.5) is 0 Å². The van der Waals surface area contributed by atoms with Crippen molar-refractivity contribution in [2.24, 2.45) is 28.2 Å². The van der Waals surface area contributed by atoms with Crippen LogP contribution < -0.4 is 22.5 Å². The monoisotopic (exact) mass is 966 g/mol. The second kappa shape index (κ2) is 21.8. The van der Waals surface area contributed by atoms with Gasteiger partial charge in [-0.1, -0.05) is 96.7 Å². The van der Waals surface area contributed by atoms with Crippen LogP contribution in [0, 0.1) is 0 Å². The number of unbranched alkanes of at least 4 members (excludes halogenated alkanes) is 2. The molecule has 0 bridgehead atoms. The number of carbonyl (C=O) groups excluding carboxylic acids is 1. The minimum absolute atomic E-state index is 0. The zero-order chi connectivity index (χ0) is 42.1. The molecule has 6 aromatic rings. The molecule has 0 aliphatic heterocycles. The molecule has 1 N–H and O–H groups in total. The molecule has 18 heteroatoms. The fraction of sp³-hybridized carbons (Fsp3) is 0.425. The van der Waals surface area contributed by atoms with E-state index < -0.39 is 28.6 Å². The molecule has 0 amide bonds. The van der Waals surface area contributed by atoms with Crippen molar-refractivity contribution in [1.29, 1.82) is 0 Å².